The van der Waals surface area contributed by atoms with Gasteiger partial charge in [0.2, 0.25) is 0 Å². The third kappa shape index (κ3) is 3.87. The number of hydrogen-bond donors (Lipinski definition) is 0. The van der Waals surface area contributed by atoms with Crippen LogP contribution in [-0.4, -0.2) is 18.5 Å². The molecule has 0 amide bonds. The van der Waals surface area contributed by atoms with Gasteiger partial charge in [0.25, 0.3) is 10.0 Å². The zero-order valence-electron chi connectivity index (χ0n) is 16.2. The summed E-state index contributed by atoms with van der Waals surface area (Å²) in [6.45, 7) is 3.82. The Morgan fingerprint density at radius 3 is 2.38 bits per heavy atom. The maximum absolute atomic E-state index is 13.6. The van der Waals surface area contributed by atoms with Crippen LogP contribution in [-0.2, 0) is 10.0 Å². The summed E-state index contributed by atoms with van der Waals surface area (Å²) in [6, 6.07) is 22.4. The molecule has 6 heteroatoms. The van der Waals surface area contributed by atoms with Crippen molar-refractivity contribution in [2.45, 2.75) is 31.2 Å². The van der Waals surface area contributed by atoms with E-state index >= 15 is 0 Å². The number of halogens is 1. The molecule has 3 aromatic carbocycles. The van der Waals surface area contributed by atoms with E-state index < -0.39 is 10.0 Å². The van der Waals surface area contributed by atoms with E-state index in [4.69, 9.17) is 0 Å². The molecule has 3 aromatic rings. The molecule has 0 spiro atoms. The van der Waals surface area contributed by atoms with Gasteiger partial charge in [-0.05, 0) is 48.7 Å². The lowest BCUT2D eigenvalue weighted by Crippen LogP contribution is -2.28. The summed E-state index contributed by atoms with van der Waals surface area (Å²) in [7, 11) is -3.79. The Morgan fingerprint density at radius 1 is 0.966 bits per heavy atom. The number of benzene rings is 3. The van der Waals surface area contributed by atoms with Crippen molar-refractivity contribution < 1.29 is 8.42 Å². The topological polar surface area (TPSA) is 49.7 Å². The van der Waals surface area contributed by atoms with Crippen molar-refractivity contribution in [1.82, 2.24) is 4.41 Å². The Kier molecular flexibility index (Phi) is 5.32. The van der Waals surface area contributed by atoms with E-state index in [2.05, 4.69) is 21.0 Å². The van der Waals surface area contributed by atoms with Crippen LogP contribution in [0.4, 0.5) is 0 Å². The molecule has 0 aromatic heterocycles. The van der Waals surface area contributed by atoms with E-state index in [-0.39, 0.29) is 6.04 Å². The van der Waals surface area contributed by atoms with Crippen LogP contribution in [0.15, 0.2) is 87.3 Å². The largest absolute Gasteiger partial charge is 0.279 e. The SMILES string of the molecule is Cc1cccc(C2CC(c3ccc(Br)cc3)=NN2S(=O)(=O)c2ccccc2C)c1. The van der Waals surface area contributed by atoms with Crippen molar-refractivity contribution >= 4 is 31.7 Å². The highest BCUT2D eigenvalue weighted by atomic mass is 79.9. The first-order valence-corrected chi connectivity index (χ1v) is 11.6. The molecule has 1 unspecified atom stereocenters. The van der Waals surface area contributed by atoms with Gasteiger partial charge in [-0.25, -0.2) is 0 Å². The third-order valence-corrected chi connectivity index (χ3v) is 7.47. The predicted octanol–water partition coefficient (Wildman–Crippen LogP) is 5.61. The Balaban J connectivity index is 1.83. The minimum absolute atomic E-state index is 0.290. The monoisotopic (exact) mass is 468 g/mol. The minimum atomic E-state index is -3.79. The number of hydrazone groups is 1. The Hall–Kier alpha value is -2.44. The molecular weight excluding hydrogens is 448 g/mol. The fourth-order valence-electron chi connectivity index (χ4n) is 3.60. The highest BCUT2D eigenvalue weighted by Crippen LogP contribution is 2.38. The van der Waals surface area contributed by atoms with Gasteiger partial charge in [-0.1, -0.05) is 76.1 Å². The predicted molar refractivity (Wildman–Crippen MR) is 119 cm³/mol. The molecule has 0 aliphatic carbocycles. The van der Waals surface area contributed by atoms with Crippen LogP contribution in [0.3, 0.4) is 0 Å². The normalized spacial score (nSPS) is 16.7. The van der Waals surface area contributed by atoms with E-state index in [1.165, 1.54) is 4.41 Å². The van der Waals surface area contributed by atoms with Crippen molar-refractivity contribution in [2.75, 3.05) is 0 Å². The smallest absolute Gasteiger partial charge is 0.200 e. The second-order valence-electron chi connectivity index (χ2n) is 7.23. The van der Waals surface area contributed by atoms with E-state index in [0.29, 0.717) is 16.9 Å². The van der Waals surface area contributed by atoms with E-state index in [0.717, 1.165) is 26.9 Å². The summed E-state index contributed by atoms with van der Waals surface area (Å²) in [5.74, 6) is 0. The Bertz CT molecular complexity index is 1190. The minimum Gasteiger partial charge on any atom is -0.200 e. The first-order chi connectivity index (χ1) is 13.9. The van der Waals surface area contributed by atoms with Gasteiger partial charge in [0.1, 0.15) is 0 Å². The second-order valence-corrected chi connectivity index (χ2v) is 9.91. The van der Waals surface area contributed by atoms with Crippen molar-refractivity contribution in [3.8, 4) is 0 Å². The first kappa shape index (κ1) is 19.9. The lowest BCUT2D eigenvalue weighted by Gasteiger charge is -2.24. The summed E-state index contributed by atoms with van der Waals surface area (Å²) in [5.41, 5.74) is 4.43. The van der Waals surface area contributed by atoms with Crippen molar-refractivity contribution in [2.24, 2.45) is 5.10 Å². The highest BCUT2D eigenvalue weighted by Gasteiger charge is 2.38. The molecule has 148 valence electrons. The number of rotatable bonds is 4. The molecule has 4 nitrogen and oxygen atoms in total. The molecule has 0 fully saturated rings. The molecule has 0 bridgehead atoms. The Labute approximate surface area is 180 Å². The van der Waals surface area contributed by atoms with E-state index in [9.17, 15) is 8.42 Å². The summed E-state index contributed by atoms with van der Waals surface area (Å²) in [5, 5.41) is 4.61. The van der Waals surface area contributed by atoms with E-state index in [1.807, 2.05) is 74.5 Å². The summed E-state index contributed by atoms with van der Waals surface area (Å²) < 4.78 is 29.4. The molecular formula is C23H21BrN2O2S. The maximum atomic E-state index is 13.6. The van der Waals surface area contributed by atoms with Gasteiger partial charge in [-0.3, -0.25) is 0 Å². The van der Waals surface area contributed by atoms with Gasteiger partial charge in [0, 0.05) is 10.9 Å². The second kappa shape index (κ2) is 7.76. The van der Waals surface area contributed by atoms with Gasteiger partial charge in [-0.2, -0.15) is 17.9 Å². The third-order valence-electron chi connectivity index (χ3n) is 5.09. The van der Waals surface area contributed by atoms with Crippen LogP contribution in [0, 0.1) is 13.8 Å². The number of sulfonamides is 1. The molecule has 1 heterocycles. The van der Waals surface area contributed by atoms with Gasteiger partial charge in [0.05, 0.1) is 16.6 Å². The van der Waals surface area contributed by atoms with Crippen LogP contribution in [0.25, 0.3) is 0 Å². The van der Waals surface area contributed by atoms with Crippen LogP contribution >= 0.6 is 15.9 Å². The molecule has 1 atom stereocenters. The van der Waals surface area contributed by atoms with Crippen molar-refractivity contribution in [3.05, 3.63) is 99.5 Å². The molecule has 0 N–H and O–H groups in total. The zero-order valence-corrected chi connectivity index (χ0v) is 18.6. The highest BCUT2D eigenvalue weighted by molar-refractivity contribution is 9.10. The van der Waals surface area contributed by atoms with Gasteiger partial charge in [-0.15, -0.1) is 0 Å². The maximum Gasteiger partial charge on any atom is 0.279 e. The van der Waals surface area contributed by atoms with Crippen LogP contribution in [0.5, 0.6) is 0 Å². The first-order valence-electron chi connectivity index (χ1n) is 9.36. The zero-order chi connectivity index (χ0) is 20.6. The lowest BCUT2D eigenvalue weighted by molar-refractivity contribution is 0.371. The molecule has 29 heavy (non-hydrogen) atoms. The fourth-order valence-corrected chi connectivity index (χ4v) is 5.53. The summed E-state index contributed by atoms with van der Waals surface area (Å²) >= 11 is 3.45. The van der Waals surface area contributed by atoms with Crippen molar-refractivity contribution in [3.63, 3.8) is 0 Å². The molecule has 0 saturated heterocycles. The van der Waals surface area contributed by atoms with Gasteiger partial charge >= 0.3 is 0 Å². The molecule has 0 radical (unpaired) electrons. The quantitative estimate of drug-likeness (QED) is 0.499. The standard InChI is InChI=1S/C23H21BrN2O2S/c1-16-6-5-8-19(14-16)22-15-21(18-10-12-20(24)13-11-18)25-26(22)29(27,28)23-9-4-3-7-17(23)2/h3-14,22H,15H2,1-2H3. The average Bonchev–Trinajstić information content (AvgIpc) is 3.15. The van der Waals surface area contributed by atoms with Crippen molar-refractivity contribution in [1.29, 1.82) is 0 Å². The summed E-state index contributed by atoms with van der Waals surface area (Å²) in [4.78, 5) is 0.290. The fraction of sp³-hybridized carbons (Fsp3) is 0.174. The van der Waals surface area contributed by atoms with Gasteiger partial charge < -0.3 is 0 Å². The molecule has 1 aliphatic heterocycles. The van der Waals surface area contributed by atoms with Gasteiger partial charge in [0.15, 0.2) is 0 Å². The van der Waals surface area contributed by atoms with Crippen LogP contribution in [0.1, 0.15) is 34.7 Å². The molecule has 1 aliphatic rings. The molecule has 0 saturated carbocycles. The molecule has 4 rings (SSSR count). The Morgan fingerprint density at radius 2 is 1.69 bits per heavy atom. The van der Waals surface area contributed by atoms with Crippen LogP contribution < -0.4 is 0 Å². The number of aryl methyl sites for hydroxylation is 2. The van der Waals surface area contributed by atoms with Crippen LogP contribution in [0.2, 0.25) is 0 Å². The lowest BCUT2D eigenvalue weighted by atomic mass is 9.98. The van der Waals surface area contributed by atoms with E-state index in [1.54, 1.807) is 12.1 Å². The number of nitrogens with zero attached hydrogens (tertiary/aromatic N) is 2. The summed E-state index contributed by atoms with van der Waals surface area (Å²) in [6.07, 6.45) is 0.524. The number of hydrogen-bond acceptors (Lipinski definition) is 3. The average molecular weight is 469 g/mol.